The number of halogens is 3. The van der Waals surface area contributed by atoms with E-state index in [9.17, 15) is 27.6 Å². The molecular formula is C13H16F3N3O3. The highest BCUT2D eigenvalue weighted by Gasteiger charge is 2.38. The van der Waals surface area contributed by atoms with Gasteiger partial charge in [0, 0.05) is 25.4 Å². The summed E-state index contributed by atoms with van der Waals surface area (Å²) in [7, 11) is 1.24. The zero-order valence-electron chi connectivity index (χ0n) is 12.0. The van der Waals surface area contributed by atoms with E-state index in [-0.39, 0.29) is 0 Å². The van der Waals surface area contributed by atoms with Gasteiger partial charge in [-0.25, -0.2) is 4.79 Å². The van der Waals surface area contributed by atoms with E-state index in [0.29, 0.717) is 12.8 Å². The van der Waals surface area contributed by atoms with Crippen LogP contribution in [0, 0.1) is 0 Å². The highest BCUT2D eigenvalue weighted by molar-refractivity contribution is 5.76. The van der Waals surface area contributed by atoms with Crippen LogP contribution >= 0.6 is 0 Å². The summed E-state index contributed by atoms with van der Waals surface area (Å²) in [5.74, 6) is -0.775. The number of carbonyl (C=O) groups excluding carboxylic acids is 1. The van der Waals surface area contributed by atoms with E-state index in [0.717, 1.165) is 32.7 Å². The van der Waals surface area contributed by atoms with Gasteiger partial charge >= 0.3 is 11.9 Å². The summed E-state index contributed by atoms with van der Waals surface area (Å²) in [5, 5.41) is 0. The van der Waals surface area contributed by atoms with Crippen LogP contribution in [0.4, 0.5) is 13.2 Å². The Kier molecular flexibility index (Phi) is 4.43. The van der Waals surface area contributed by atoms with Gasteiger partial charge in [0.05, 0.1) is 0 Å². The third-order valence-electron chi connectivity index (χ3n) is 3.75. The first kappa shape index (κ1) is 16.3. The van der Waals surface area contributed by atoms with Crippen LogP contribution in [0.1, 0.15) is 19.3 Å². The van der Waals surface area contributed by atoms with E-state index in [1.807, 2.05) is 0 Å². The number of aromatic nitrogens is 2. The number of rotatable bonds is 4. The van der Waals surface area contributed by atoms with Crippen molar-refractivity contribution >= 4 is 5.91 Å². The molecule has 1 fully saturated rings. The molecule has 1 heterocycles. The Morgan fingerprint density at radius 2 is 2.00 bits per heavy atom. The van der Waals surface area contributed by atoms with Crippen molar-refractivity contribution in [3.63, 3.8) is 0 Å². The van der Waals surface area contributed by atoms with Crippen molar-refractivity contribution in [1.82, 2.24) is 14.0 Å². The Morgan fingerprint density at radius 1 is 1.36 bits per heavy atom. The number of alkyl halides is 3. The summed E-state index contributed by atoms with van der Waals surface area (Å²) in [4.78, 5) is 36.0. The molecule has 0 saturated heterocycles. The van der Waals surface area contributed by atoms with Crippen LogP contribution in [-0.4, -0.2) is 38.7 Å². The average molecular weight is 319 g/mol. The van der Waals surface area contributed by atoms with Gasteiger partial charge in [0.15, 0.2) is 0 Å². The van der Waals surface area contributed by atoms with Crippen molar-refractivity contribution < 1.29 is 18.0 Å². The largest absolute Gasteiger partial charge is 0.406 e. The molecule has 2 rings (SSSR count). The van der Waals surface area contributed by atoms with E-state index in [1.54, 1.807) is 0 Å². The average Bonchev–Trinajstić information content (AvgIpc) is 2.35. The third kappa shape index (κ3) is 3.58. The predicted molar refractivity (Wildman–Crippen MR) is 71.4 cm³/mol. The second-order valence-electron chi connectivity index (χ2n) is 5.35. The van der Waals surface area contributed by atoms with Crippen LogP contribution in [0.25, 0.3) is 0 Å². The molecule has 6 nitrogen and oxygen atoms in total. The quantitative estimate of drug-likeness (QED) is 0.811. The molecule has 1 aromatic heterocycles. The fourth-order valence-corrected chi connectivity index (χ4v) is 2.29. The highest BCUT2D eigenvalue weighted by atomic mass is 19.4. The Morgan fingerprint density at radius 3 is 2.50 bits per heavy atom. The van der Waals surface area contributed by atoms with Gasteiger partial charge in [-0.15, -0.1) is 0 Å². The van der Waals surface area contributed by atoms with Gasteiger partial charge in [-0.2, -0.15) is 13.2 Å². The Hall–Kier alpha value is -2.06. The standard InChI is InChI=1S/C13H16F3N3O3/c1-17-10(20)5-6-18(12(17)22)7-11(21)19(8-13(14,15)16)9-3-2-4-9/h5-6,9H,2-4,7-8H2,1H3. The van der Waals surface area contributed by atoms with E-state index in [1.165, 1.54) is 7.05 Å². The summed E-state index contributed by atoms with van der Waals surface area (Å²) in [5.41, 5.74) is -1.28. The Labute approximate surface area is 123 Å². The molecule has 1 aromatic rings. The minimum absolute atomic E-state index is 0.433. The number of carbonyl (C=O) groups is 1. The Bertz CT molecular complexity index is 674. The smallest absolute Gasteiger partial charge is 0.329 e. The number of amides is 1. The molecule has 1 saturated carbocycles. The van der Waals surface area contributed by atoms with Crippen molar-refractivity contribution in [3.05, 3.63) is 33.1 Å². The number of hydrogen-bond acceptors (Lipinski definition) is 3. The first-order valence-corrected chi connectivity index (χ1v) is 6.82. The molecule has 22 heavy (non-hydrogen) atoms. The first-order chi connectivity index (χ1) is 10.2. The van der Waals surface area contributed by atoms with Crippen molar-refractivity contribution in [3.8, 4) is 0 Å². The van der Waals surface area contributed by atoms with Crippen LogP contribution in [0.3, 0.4) is 0 Å². The van der Waals surface area contributed by atoms with Crippen molar-refractivity contribution in [2.24, 2.45) is 7.05 Å². The van der Waals surface area contributed by atoms with Gasteiger partial charge in [-0.05, 0) is 19.3 Å². The zero-order valence-corrected chi connectivity index (χ0v) is 12.0. The second-order valence-corrected chi connectivity index (χ2v) is 5.35. The summed E-state index contributed by atoms with van der Waals surface area (Å²) in [6, 6.07) is 0.656. The molecule has 0 aromatic carbocycles. The van der Waals surface area contributed by atoms with Crippen LogP contribution in [0.5, 0.6) is 0 Å². The van der Waals surface area contributed by atoms with Gasteiger partial charge in [-0.1, -0.05) is 0 Å². The fraction of sp³-hybridized carbons (Fsp3) is 0.615. The molecule has 122 valence electrons. The van der Waals surface area contributed by atoms with Gasteiger partial charge < -0.3 is 4.90 Å². The molecule has 0 aliphatic heterocycles. The third-order valence-corrected chi connectivity index (χ3v) is 3.75. The van der Waals surface area contributed by atoms with Crippen LogP contribution < -0.4 is 11.2 Å². The van der Waals surface area contributed by atoms with E-state index in [4.69, 9.17) is 0 Å². The molecule has 0 radical (unpaired) electrons. The molecule has 9 heteroatoms. The van der Waals surface area contributed by atoms with Crippen molar-refractivity contribution in [2.75, 3.05) is 6.54 Å². The first-order valence-electron chi connectivity index (χ1n) is 6.82. The topological polar surface area (TPSA) is 64.3 Å². The maximum Gasteiger partial charge on any atom is 0.406 e. The van der Waals surface area contributed by atoms with Crippen LogP contribution in [0.15, 0.2) is 21.9 Å². The molecule has 0 spiro atoms. The van der Waals surface area contributed by atoms with Gasteiger partial charge in [0.25, 0.3) is 5.56 Å². The molecule has 1 aliphatic carbocycles. The van der Waals surface area contributed by atoms with Gasteiger partial charge in [0.1, 0.15) is 13.1 Å². The molecule has 0 atom stereocenters. The number of nitrogens with zero attached hydrogens (tertiary/aromatic N) is 3. The van der Waals surface area contributed by atoms with Crippen molar-refractivity contribution in [2.45, 2.75) is 38.0 Å². The van der Waals surface area contributed by atoms with Crippen LogP contribution in [-0.2, 0) is 18.4 Å². The van der Waals surface area contributed by atoms with Crippen LogP contribution in [0.2, 0.25) is 0 Å². The van der Waals surface area contributed by atoms with Gasteiger partial charge in [-0.3, -0.25) is 18.7 Å². The molecule has 0 unspecified atom stereocenters. The minimum atomic E-state index is -4.49. The summed E-state index contributed by atoms with van der Waals surface area (Å²) < 4.78 is 39.6. The normalized spacial score (nSPS) is 15.5. The molecule has 0 N–H and O–H groups in total. The monoisotopic (exact) mass is 319 g/mol. The highest BCUT2D eigenvalue weighted by Crippen LogP contribution is 2.28. The summed E-state index contributed by atoms with van der Waals surface area (Å²) in [6.45, 7) is -1.84. The second kappa shape index (κ2) is 5.98. The lowest BCUT2D eigenvalue weighted by Gasteiger charge is -2.38. The number of hydrogen-bond donors (Lipinski definition) is 0. The lowest BCUT2D eigenvalue weighted by Crippen LogP contribution is -2.50. The van der Waals surface area contributed by atoms with Crippen molar-refractivity contribution in [1.29, 1.82) is 0 Å². The summed E-state index contributed by atoms with van der Waals surface area (Å²) in [6.07, 6.45) is -1.52. The minimum Gasteiger partial charge on any atom is -0.329 e. The van der Waals surface area contributed by atoms with E-state index in [2.05, 4.69) is 0 Å². The Balaban J connectivity index is 2.19. The molecular weight excluding hydrogens is 303 g/mol. The summed E-state index contributed by atoms with van der Waals surface area (Å²) >= 11 is 0. The molecule has 1 aliphatic rings. The molecule has 0 bridgehead atoms. The van der Waals surface area contributed by atoms with Gasteiger partial charge in [0.2, 0.25) is 5.91 Å². The maximum absolute atomic E-state index is 12.6. The SMILES string of the molecule is Cn1c(=O)ccn(CC(=O)N(CC(F)(F)F)C2CCC2)c1=O. The maximum atomic E-state index is 12.6. The van der Waals surface area contributed by atoms with E-state index < -0.39 is 42.5 Å². The predicted octanol–water partition coefficient (Wildman–Crippen LogP) is 0.490. The molecule has 1 amide bonds. The van der Waals surface area contributed by atoms with E-state index >= 15 is 0 Å². The lowest BCUT2D eigenvalue weighted by atomic mass is 9.91. The lowest BCUT2D eigenvalue weighted by molar-refractivity contribution is -0.169. The fourth-order valence-electron chi connectivity index (χ4n) is 2.29. The zero-order chi connectivity index (χ0) is 16.5.